The predicted octanol–water partition coefficient (Wildman–Crippen LogP) is 0.367. The fourth-order valence-electron chi connectivity index (χ4n) is 0. The van der Waals surface area contributed by atoms with Crippen molar-refractivity contribution in [3.05, 3.63) is 0 Å². The number of aliphatic hydroxyl groups is 3. The van der Waals surface area contributed by atoms with Gasteiger partial charge < -0.3 is 15.3 Å². The molecule has 0 amide bonds. The van der Waals surface area contributed by atoms with Gasteiger partial charge in [-0.1, -0.05) is 6.92 Å². The number of aliphatic hydroxyl groups excluding tert-OH is 3. The van der Waals surface area contributed by atoms with E-state index in [-0.39, 0.29) is 35.7 Å². The summed E-state index contributed by atoms with van der Waals surface area (Å²) < 4.78 is 0. The lowest BCUT2D eigenvalue weighted by atomic mass is 10.3. The van der Waals surface area contributed by atoms with Gasteiger partial charge in [0.1, 0.15) is 0 Å². The van der Waals surface area contributed by atoms with Crippen molar-refractivity contribution in [2.75, 3.05) is 0 Å². The van der Waals surface area contributed by atoms with E-state index in [1.54, 1.807) is 34.6 Å². The third-order valence-electron chi connectivity index (χ3n) is 0.591. The van der Waals surface area contributed by atoms with E-state index in [4.69, 9.17) is 15.3 Å². The Hall–Kier alpha value is 0.412. The molecule has 0 aromatic carbocycles. The summed E-state index contributed by atoms with van der Waals surface area (Å²) in [4.78, 5) is 0. The molecule has 0 aliphatic heterocycles. The molecule has 0 radical (unpaired) electrons. The largest absolute Gasteiger partial charge is 0.394 e. The molecule has 0 spiro atoms. The van der Waals surface area contributed by atoms with E-state index in [0.29, 0.717) is 0 Å². The summed E-state index contributed by atoms with van der Waals surface area (Å²) in [6.07, 6.45) is 0.412. The Morgan fingerprint density at radius 2 is 0.857 bits per heavy atom. The minimum absolute atomic E-state index is 0. The minimum Gasteiger partial charge on any atom is -0.394 e. The molecule has 90 valence electrons. The monoisotopic (exact) mass is 224 g/mol. The van der Waals surface area contributed by atoms with Crippen molar-refractivity contribution in [1.29, 1.82) is 0 Å². The Bertz CT molecular complexity index is 64.3. The quantitative estimate of drug-likeness (QED) is 0.564. The molecule has 0 heterocycles. The van der Waals surface area contributed by atoms with Crippen LogP contribution < -0.4 is 0 Å². The van der Waals surface area contributed by atoms with Crippen LogP contribution in [-0.2, 0) is 0 Å². The highest BCUT2D eigenvalue weighted by molar-refractivity contribution is 5.75. The maximum atomic E-state index is 8.36. The summed E-state index contributed by atoms with van der Waals surface area (Å²) >= 11 is 0. The Morgan fingerprint density at radius 1 is 0.786 bits per heavy atom. The molecule has 0 saturated heterocycles. The molecule has 1 unspecified atom stereocenters. The summed E-state index contributed by atoms with van der Waals surface area (Å²) in [7, 11) is 0. The van der Waals surface area contributed by atoms with Crippen molar-refractivity contribution < 1.29 is 15.3 Å². The van der Waals surface area contributed by atoms with Crippen LogP contribution in [0.5, 0.6) is 0 Å². The van der Waals surface area contributed by atoms with Gasteiger partial charge >= 0.3 is 0 Å². The minimum atomic E-state index is -0.167. The first-order chi connectivity index (χ1) is 5.73. The van der Waals surface area contributed by atoms with Crippen LogP contribution in [0.3, 0.4) is 0 Å². The average Bonchev–Trinajstić information content (AvgIpc) is 1.84. The van der Waals surface area contributed by atoms with Gasteiger partial charge in [0.05, 0.1) is 6.10 Å². The highest BCUT2D eigenvalue weighted by Gasteiger charge is 1.81. The number of hydrogen-bond acceptors (Lipinski definition) is 3. The van der Waals surface area contributed by atoms with Gasteiger partial charge in [-0.3, -0.25) is 0 Å². The van der Waals surface area contributed by atoms with Gasteiger partial charge in [-0.2, -0.15) is 0 Å². The van der Waals surface area contributed by atoms with Gasteiger partial charge in [-0.05, 0) is 41.0 Å². The molecule has 0 bridgehead atoms. The number of rotatable bonds is 1. The number of hydrogen-bond donors (Lipinski definition) is 3. The highest BCUT2D eigenvalue weighted by Crippen LogP contribution is 1.81. The molecular weight excluding hydrogens is 195 g/mol. The first-order valence-corrected chi connectivity index (χ1v) is 4.78. The lowest BCUT2D eigenvalue weighted by Crippen LogP contribution is -1.93. The molecule has 3 N–H and O–H groups in total. The lowest BCUT2D eigenvalue weighted by molar-refractivity contribution is 0.191. The Labute approximate surface area is 99.3 Å². The van der Waals surface area contributed by atoms with E-state index >= 15 is 0 Å². The van der Waals surface area contributed by atoms with Crippen molar-refractivity contribution >= 4 is 17.4 Å². The Balaban J connectivity index is -0.0000000522. The first kappa shape index (κ1) is 23.9. The van der Waals surface area contributed by atoms with E-state index < -0.39 is 0 Å². The summed E-state index contributed by atoms with van der Waals surface area (Å²) in [5, 5.41) is 24.5. The summed E-state index contributed by atoms with van der Waals surface area (Å²) in [6.45, 7) is 10.6. The van der Waals surface area contributed by atoms with Crippen molar-refractivity contribution in [3.8, 4) is 0 Å². The van der Waals surface area contributed by atoms with Gasteiger partial charge in [-0.15, -0.1) is 0 Å². The van der Waals surface area contributed by atoms with Crippen LogP contribution in [0.15, 0.2) is 0 Å². The van der Waals surface area contributed by atoms with Crippen LogP contribution in [0.2, 0.25) is 0 Å². The van der Waals surface area contributed by atoms with E-state index in [1.165, 1.54) is 0 Å². The molecule has 0 aliphatic rings. The van der Waals surface area contributed by atoms with Crippen LogP contribution in [0.1, 0.15) is 48.0 Å². The topological polar surface area (TPSA) is 60.7 Å². The molecular formula is C10H29AlO3. The average molecular weight is 224 g/mol. The molecule has 3 nitrogen and oxygen atoms in total. The highest BCUT2D eigenvalue weighted by atomic mass is 27.0. The van der Waals surface area contributed by atoms with Crippen LogP contribution in [-0.4, -0.2) is 51.0 Å². The Kier molecular flexibility index (Phi) is 32.6. The zero-order chi connectivity index (χ0) is 11.4. The molecule has 0 saturated carbocycles. The Morgan fingerprint density at radius 3 is 0.857 bits per heavy atom. The van der Waals surface area contributed by atoms with E-state index in [2.05, 4.69) is 0 Å². The second-order valence-corrected chi connectivity index (χ2v) is 3.44. The molecule has 14 heavy (non-hydrogen) atoms. The van der Waals surface area contributed by atoms with Crippen molar-refractivity contribution in [1.82, 2.24) is 0 Å². The molecule has 4 heteroatoms. The standard InChI is InChI=1S/C4H10O.2C3H8O.Al.3H/c1-3-4(2)5;2*1-3(2)4;;;;/h4-5H,3H2,1-2H3;2*3-4H,1-2H3;;;;. The van der Waals surface area contributed by atoms with Gasteiger partial charge in [-0.25, -0.2) is 0 Å². The fourth-order valence-corrected chi connectivity index (χ4v) is 0. The zero-order valence-corrected chi connectivity index (χ0v) is 9.78. The molecule has 0 aromatic heterocycles. The van der Waals surface area contributed by atoms with E-state index in [1.807, 2.05) is 6.92 Å². The molecule has 1 atom stereocenters. The summed E-state index contributed by atoms with van der Waals surface area (Å²) in [5.41, 5.74) is 0. The first-order valence-electron chi connectivity index (χ1n) is 4.78. The molecule has 0 fully saturated rings. The van der Waals surface area contributed by atoms with Crippen molar-refractivity contribution in [3.63, 3.8) is 0 Å². The molecule has 0 aliphatic carbocycles. The normalized spacial score (nSPS) is 10.5. The van der Waals surface area contributed by atoms with Crippen LogP contribution >= 0.6 is 0 Å². The third-order valence-corrected chi connectivity index (χ3v) is 0.591. The summed E-state index contributed by atoms with van der Waals surface area (Å²) in [5.74, 6) is 0. The maximum Gasteiger partial charge on any atom is 0.187 e. The third kappa shape index (κ3) is 278. The zero-order valence-electron chi connectivity index (χ0n) is 9.78. The van der Waals surface area contributed by atoms with Crippen molar-refractivity contribution in [2.24, 2.45) is 0 Å². The molecule has 0 aromatic rings. The van der Waals surface area contributed by atoms with Crippen LogP contribution in [0, 0.1) is 0 Å². The van der Waals surface area contributed by atoms with E-state index in [0.717, 1.165) is 6.42 Å². The van der Waals surface area contributed by atoms with E-state index in [9.17, 15) is 0 Å². The maximum absolute atomic E-state index is 8.36. The predicted molar refractivity (Wildman–Crippen MR) is 66.6 cm³/mol. The fraction of sp³-hybridized carbons (Fsp3) is 1.00. The lowest BCUT2D eigenvalue weighted by Gasteiger charge is -1.90. The summed E-state index contributed by atoms with van der Waals surface area (Å²) in [6, 6.07) is 0. The second-order valence-electron chi connectivity index (χ2n) is 3.44. The smallest absolute Gasteiger partial charge is 0.187 e. The van der Waals surface area contributed by atoms with Gasteiger partial charge in [0.2, 0.25) is 0 Å². The SMILES string of the molecule is CC(C)O.CC(C)O.CCC(C)O.[AlH3]. The second kappa shape index (κ2) is 19.1. The van der Waals surface area contributed by atoms with Gasteiger partial charge in [0.25, 0.3) is 0 Å². The van der Waals surface area contributed by atoms with Crippen LogP contribution in [0.4, 0.5) is 0 Å². The van der Waals surface area contributed by atoms with Crippen LogP contribution in [0.25, 0.3) is 0 Å². The van der Waals surface area contributed by atoms with Crippen molar-refractivity contribution in [2.45, 2.75) is 66.3 Å². The van der Waals surface area contributed by atoms with Gasteiger partial charge in [0.15, 0.2) is 17.4 Å². The van der Waals surface area contributed by atoms with Gasteiger partial charge in [0, 0.05) is 12.2 Å². The molecule has 0 rings (SSSR count).